The van der Waals surface area contributed by atoms with Crippen molar-refractivity contribution in [3.63, 3.8) is 0 Å². The third kappa shape index (κ3) is 4.13. The Morgan fingerprint density at radius 1 is 0.341 bits per heavy atom. The van der Waals surface area contributed by atoms with Gasteiger partial charge in [0.1, 0.15) is 0 Å². The molecule has 41 heavy (non-hydrogen) atoms. The summed E-state index contributed by atoms with van der Waals surface area (Å²) in [6, 6.07) is 48.5. The molecule has 0 spiro atoms. The average molecular weight is 527 g/mol. The maximum absolute atomic E-state index is 6.49. The van der Waals surface area contributed by atoms with Gasteiger partial charge in [-0.15, -0.1) is 0 Å². The molecule has 0 bridgehead atoms. The van der Waals surface area contributed by atoms with E-state index in [2.05, 4.69) is 133 Å². The van der Waals surface area contributed by atoms with Crippen LogP contribution in [0.1, 0.15) is 33.4 Å². The summed E-state index contributed by atoms with van der Waals surface area (Å²) in [6.07, 6.45) is 1.96. The van der Waals surface area contributed by atoms with E-state index in [1.807, 2.05) is 0 Å². The van der Waals surface area contributed by atoms with E-state index in [1.165, 1.54) is 77.9 Å². The minimum Gasteiger partial charge on any atom is -0.372 e. The third-order valence-electron chi connectivity index (χ3n) is 8.83. The fraction of sp³-hybridized carbons (Fsp3) is 0.100. The van der Waals surface area contributed by atoms with Gasteiger partial charge in [0.05, 0.1) is 13.2 Å². The molecule has 0 saturated heterocycles. The monoisotopic (exact) mass is 526 g/mol. The van der Waals surface area contributed by atoms with Crippen molar-refractivity contribution in [3.05, 3.63) is 167 Å². The topological polar surface area (TPSA) is 9.23 Å². The van der Waals surface area contributed by atoms with Crippen molar-refractivity contribution in [2.45, 2.75) is 26.1 Å². The Hall–Kier alpha value is -4.72. The van der Waals surface area contributed by atoms with E-state index in [4.69, 9.17) is 4.74 Å². The highest BCUT2D eigenvalue weighted by molar-refractivity contribution is 5.86. The molecule has 1 nitrogen and oxygen atoms in total. The van der Waals surface area contributed by atoms with E-state index in [0.29, 0.717) is 13.2 Å². The lowest BCUT2D eigenvalue weighted by molar-refractivity contribution is 0.108. The van der Waals surface area contributed by atoms with Crippen molar-refractivity contribution in [1.29, 1.82) is 0 Å². The zero-order chi connectivity index (χ0) is 27.2. The minimum atomic E-state index is 0.569. The Balaban J connectivity index is 1.07. The van der Waals surface area contributed by atoms with Crippen LogP contribution >= 0.6 is 0 Å². The maximum Gasteiger partial charge on any atom is 0.0727 e. The van der Waals surface area contributed by atoms with E-state index in [0.717, 1.165) is 12.8 Å². The number of hydrogen-bond donors (Lipinski definition) is 0. The van der Waals surface area contributed by atoms with Gasteiger partial charge < -0.3 is 4.74 Å². The SMILES string of the molecule is c1ccc(-c2cccc3c2Cc2ccccc2-3)c(COCc2ccccc2-c2cccc3c2Cc2ccccc2-3)c1. The number of ether oxygens (including phenoxy) is 1. The van der Waals surface area contributed by atoms with Crippen LogP contribution in [0.4, 0.5) is 0 Å². The molecule has 0 aliphatic heterocycles. The van der Waals surface area contributed by atoms with Crippen LogP contribution in [-0.2, 0) is 30.8 Å². The highest BCUT2D eigenvalue weighted by atomic mass is 16.5. The average Bonchev–Trinajstić information content (AvgIpc) is 3.60. The summed E-state index contributed by atoms with van der Waals surface area (Å²) in [6.45, 7) is 1.14. The number of benzene rings is 6. The Kier molecular flexibility index (Phi) is 5.90. The van der Waals surface area contributed by atoms with Gasteiger partial charge in [-0.3, -0.25) is 0 Å². The molecule has 2 aliphatic carbocycles. The predicted molar refractivity (Wildman–Crippen MR) is 169 cm³/mol. The van der Waals surface area contributed by atoms with E-state index in [9.17, 15) is 0 Å². The summed E-state index contributed by atoms with van der Waals surface area (Å²) >= 11 is 0. The lowest BCUT2D eigenvalue weighted by Crippen LogP contribution is -2.00. The fourth-order valence-corrected chi connectivity index (χ4v) is 6.91. The van der Waals surface area contributed by atoms with Crippen LogP contribution in [0.25, 0.3) is 44.5 Å². The predicted octanol–water partition coefficient (Wildman–Crippen LogP) is 9.88. The standard InChI is InChI=1S/C40H30O/c1-5-15-31-27(11-1)23-39-35(31)19-9-21-37(39)33-17-7-3-13-29(33)25-41-26-30-14-4-8-18-34(30)38-22-10-20-36-32-16-6-2-12-28(32)24-40(36)38/h1-22H,23-26H2. The largest absolute Gasteiger partial charge is 0.372 e. The molecule has 0 radical (unpaired) electrons. The first kappa shape index (κ1) is 24.1. The second kappa shape index (κ2) is 10.0. The zero-order valence-corrected chi connectivity index (χ0v) is 22.9. The van der Waals surface area contributed by atoms with Gasteiger partial charge in [-0.05, 0) is 90.7 Å². The third-order valence-corrected chi connectivity index (χ3v) is 8.83. The first-order valence-electron chi connectivity index (χ1n) is 14.5. The van der Waals surface area contributed by atoms with Gasteiger partial charge >= 0.3 is 0 Å². The van der Waals surface area contributed by atoms with Crippen molar-refractivity contribution in [2.24, 2.45) is 0 Å². The molecule has 0 fully saturated rings. The summed E-state index contributed by atoms with van der Waals surface area (Å²) in [5, 5.41) is 0. The molecule has 196 valence electrons. The van der Waals surface area contributed by atoms with Crippen LogP contribution in [-0.4, -0.2) is 0 Å². The highest BCUT2D eigenvalue weighted by Crippen LogP contribution is 2.43. The van der Waals surface area contributed by atoms with Crippen LogP contribution in [0.2, 0.25) is 0 Å². The number of rotatable bonds is 6. The van der Waals surface area contributed by atoms with Crippen molar-refractivity contribution in [1.82, 2.24) is 0 Å². The Morgan fingerprint density at radius 3 is 1.15 bits per heavy atom. The van der Waals surface area contributed by atoms with Crippen molar-refractivity contribution in [3.8, 4) is 44.5 Å². The van der Waals surface area contributed by atoms with Gasteiger partial charge in [-0.25, -0.2) is 0 Å². The summed E-state index contributed by atoms with van der Waals surface area (Å²) in [7, 11) is 0. The lowest BCUT2D eigenvalue weighted by Gasteiger charge is -2.16. The molecule has 1 heteroatoms. The molecule has 8 rings (SSSR count). The van der Waals surface area contributed by atoms with Crippen molar-refractivity contribution < 1.29 is 4.74 Å². The summed E-state index contributed by atoms with van der Waals surface area (Å²) in [5.74, 6) is 0. The molecule has 0 amide bonds. The van der Waals surface area contributed by atoms with Crippen LogP contribution in [0.5, 0.6) is 0 Å². The molecule has 0 atom stereocenters. The summed E-state index contributed by atoms with van der Waals surface area (Å²) in [4.78, 5) is 0. The van der Waals surface area contributed by atoms with Crippen LogP contribution in [0.3, 0.4) is 0 Å². The quantitative estimate of drug-likeness (QED) is 0.209. The molecule has 2 aliphatic rings. The highest BCUT2D eigenvalue weighted by Gasteiger charge is 2.23. The minimum absolute atomic E-state index is 0.569. The molecule has 6 aromatic carbocycles. The van der Waals surface area contributed by atoms with Gasteiger partial charge in [0, 0.05) is 0 Å². The molecule has 0 saturated carbocycles. The molecular weight excluding hydrogens is 496 g/mol. The summed E-state index contributed by atoms with van der Waals surface area (Å²) in [5.41, 5.74) is 18.7. The Morgan fingerprint density at radius 2 is 0.683 bits per heavy atom. The van der Waals surface area contributed by atoms with Gasteiger partial charge in [0.2, 0.25) is 0 Å². The van der Waals surface area contributed by atoms with E-state index in [1.54, 1.807) is 0 Å². The van der Waals surface area contributed by atoms with Crippen LogP contribution < -0.4 is 0 Å². The molecule has 0 heterocycles. The van der Waals surface area contributed by atoms with Crippen LogP contribution in [0, 0.1) is 0 Å². The van der Waals surface area contributed by atoms with Crippen LogP contribution in [0.15, 0.2) is 133 Å². The summed E-state index contributed by atoms with van der Waals surface area (Å²) < 4.78 is 6.49. The maximum atomic E-state index is 6.49. The molecule has 0 N–H and O–H groups in total. The Bertz CT molecular complexity index is 1790. The first-order valence-corrected chi connectivity index (χ1v) is 14.5. The van der Waals surface area contributed by atoms with E-state index >= 15 is 0 Å². The van der Waals surface area contributed by atoms with Crippen molar-refractivity contribution >= 4 is 0 Å². The first-order chi connectivity index (χ1) is 20.3. The molecule has 0 unspecified atom stereocenters. The van der Waals surface area contributed by atoms with Gasteiger partial charge in [-0.1, -0.05) is 133 Å². The number of fused-ring (bicyclic) bond motifs is 6. The molecular formula is C40H30O. The molecule has 0 aromatic heterocycles. The van der Waals surface area contributed by atoms with Gasteiger partial charge in [-0.2, -0.15) is 0 Å². The van der Waals surface area contributed by atoms with Gasteiger partial charge in [0.25, 0.3) is 0 Å². The number of hydrogen-bond acceptors (Lipinski definition) is 1. The smallest absolute Gasteiger partial charge is 0.0727 e. The van der Waals surface area contributed by atoms with E-state index < -0.39 is 0 Å². The molecule has 6 aromatic rings. The zero-order valence-electron chi connectivity index (χ0n) is 22.9. The normalized spacial score (nSPS) is 12.5. The van der Waals surface area contributed by atoms with Crippen molar-refractivity contribution in [2.75, 3.05) is 0 Å². The van der Waals surface area contributed by atoms with Gasteiger partial charge in [0.15, 0.2) is 0 Å². The van der Waals surface area contributed by atoms with E-state index in [-0.39, 0.29) is 0 Å². The lowest BCUT2D eigenvalue weighted by atomic mass is 9.92. The second-order valence-electron chi connectivity index (χ2n) is 11.1. The Labute approximate surface area is 241 Å². The fourth-order valence-electron chi connectivity index (χ4n) is 6.91. The second-order valence-corrected chi connectivity index (χ2v) is 11.1.